The van der Waals surface area contributed by atoms with Crippen LogP contribution in [-0.2, 0) is 6.42 Å². The predicted molar refractivity (Wildman–Crippen MR) is 84.5 cm³/mol. The molecule has 0 aromatic heterocycles. The van der Waals surface area contributed by atoms with Crippen molar-refractivity contribution in [2.24, 2.45) is 0 Å². The van der Waals surface area contributed by atoms with Crippen LogP contribution in [0.2, 0.25) is 5.02 Å². The first-order valence-corrected chi connectivity index (χ1v) is 7.36. The van der Waals surface area contributed by atoms with Crippen molar-refractivity contribution in [3.05, 3.63) is 74.3 Å². The van der Waals surface area contributed by atoms with E-state index in [2.05, 4.69) is 5.32 Å². The summed E-state index contributed by atoms with van der Waals surface area (Å²) in [6.07, 6.45) is -0.327. The van der Waals surface area contributed by atoms with Crippen LogP contribution in [0, 0.1) is 10.1 Å². The number of nitro benzene ring substituents is 1. The van der Waals surface area contributed by atoms with E-state index in [4.69, 9.17) is 11.6 Å². The van der Waals surface area contributed by atoms with Crippen molar-refractivity contribution in [3.63, 3.8) is 0 Å². The molecule has 23 heavy (non-hydrogen) atoms. The zero-order valence-electron chi connectivity index (χ0n) is 11.9. The zero-order chi connectivity index (χ0) is 16.6. The summed E-state index contributed by atoms with van der Waals surface area (Å²) < 4.78 is 0. The van der Waals surface area contributed by atoms with Gasteiger partial charge in [0.05, 0.1) is 17.1 Å². The number of nitrogens with zero attached hydrogens (tertiary/aromatic N) is 1. The topological polar surface area (TPSA) is 92.5 Å². The first-order chi connectivity index (χ1) is 11.0. The van der Waals surface area contributed by atoms with Crippen molar-refractivity contribution in [1.82, 2.24) is 5.32 Å². The lowest BCUT2D eigenvalue weighted by Gasteiger charge is -2.18. The van der Waals surface area contributed by atoms with Crippen LogP contribution in [0.25, 0.3) is 0 Å². The van der Waals surface area contributed by atoms with E-state index in [0.29, 0.717) is 6.42 Å². The fourth-order valence-corrected chi connectivity index (χ4v) is 2.98. The number of aliphatic hydroxyl groups excluding tert-OH is 1. The fraction of sp³-hybridized carbons (Fsp3) is 0.188. The van der Waals surface area contributed by atoms with Gasteiger partial charge in [-0.1, -0.05) is 35.9 Å². The molecule has 1 amide bonds. The molecule has 0 fully saturated rings. The van der Waals surface area contributed by atoms with Gasteiger partial charge >= 0.3 is 0 Å². The second-order valence-electron chi connectivity index (χ2n) is 5.34. The molecule has 0 unspecified atom stereocenters. The summed E-state index contributed by atoms with van der Waals surface area (Å²) >= 11 is 5.75. The highest BCUT2D eigenvalue weighted by atomic mass is 35.5. The lowest BCUT2D eigenvalue weighted by Crippen LogP contribution is -2.34. The number of fused-ring (bicyclic) bond motifs is 1. The molecule has 1 aliphatic carbocycles. The number of hydrogen-bond acceptors (Lipinski definition) is 4. The van der Waals surface area contributed by atoms with Gasteiger partial charge in [-0.15, -0.1) is 0 Å². The number of carbonyl (C=O) groups excluding carboxylic acids is 1. The monoisotopic (exact) mass is 332 g/mol. The third kappa shape index (κ3) is 2.91. The van der Waals surface area contributed by atoms with E-state index < -0.39 is 23.0 Å². The molecule has 2 aromatic rings. The molecule has 0 bridgehead atoms. The molecule has 118 valence electrons. The van der Waals surface area contributed by atoms with Gasteiger partial charge in [-0.05, 0) is 23.3 Å². The summed E-state index contributed by atoms with van der Waals surface area (Å²) in [6.45, 7) is 0. The maximum atomic E-state index is 12.4. The zero-order valence-corrected chi connectivity index (χ0v) is 12.7. The maximum absolute atomic E-state index is 12.4. The van der Waals surface area contributed by atoms with Gasteiger partial charge in [0.15, 0.2) is 0 Å². The minimum atomic E-state index is -0.761. The molecule has 0 heterocycles. The molecule has 0 saturated heterocycles. The Morgan fingerprint density at radius 3 is 2.78 bits per heavy atom. The molecule has 0 spiro atoms. The van der Waals surface area contributed by atoms with E-state index in [-0.39, 0.29) is 16.3 Å². The summed E-state index contributed by atoms with van der Waals surface area (Å²) in [5.74, 6) is -0.617. The van der Waals surface area contributed by atoms with Crippen LogP contribution in [0.4, 0.5) is 5.69 Å². The standard InChI is InChI=1S/C16H13ClN2O4/c17-10-5-6-12(13(8-10)19(22)23)16(21)18-15-11-4-2-1-3-9(11)7-14(15)20/h1-6,8,14-15,20H,7H2,(H,18,21)/t14-,15+/m0/s1. The Morgan fingerprint density at radius 1 is 1.30 bits per heavy atom. The number of carbonyl (C=O) groups is 1. The average molecular weight is 333 g/mol. The van der Waals surface area contributed by atoms with E-state index >= 15 is 0 Å². The Hall–Kier alpha value is -2.44. The van der Waals surface area contributed by atoms with Gasteiger partial charge in [0, 0.05) is 17.5 Å². The van der Waals surface area contributed by atoms with E-state index in [1.165, 1.54) is 12.1 Å². The van der Waals surface area contributed by atoms with Crippen LogP contribution in [0.5, 0.6) is 0 Å². The number of amides is 1. The molecule has 0 radical (unpaired) electrons. The Labute approximate surface area is 136 Å². The Balaban J connectivity index is 1.90. The number of hydrogen-bond donors (Lipinski definition) is 2. The second kappa shape index (κ2) is 5.98. The number of nitro groups is 1. The van der Waals surface area contributed by atoms with Crippen molar-refractivity contribution in [2.75, 3.05) is 0 Å². The molecular formula is C16H13ClN2O4. The Morgan fingerprint density at radius 2 is 2.04 bits per heavy atom. The van der Waals surface area contributed by atoms with Gasteiger partial charge in [-0.2, -0.15) is 0 Å². The van der Waals surface area contributed by atoms with Gasteiger partial charge < -0.3 is 10.4 Å². The highest BCUT2D eigenvalue weighted by Gasteiger charge is 2.33. The molecule has 2 N–H and O–H groups in total. The highest BCUT2D eigenvalue weighted by molar-refractivity contribution is 6.31. The van der Waals surface area contributed by atoms with Crippen LogP contribution in [0.1, 0.15) is 27.5 Å². The SMILES string of the molecule is O=C(N[C@@H]1c2ccccc2C[C@@H]1O)c1ccc(Cl)cc1[N+](=O)[O-]. The van der Waals surface area contributed by atoms with E-state index in [0.717, 1.165) is 17.2 Å². The molecule has 0 aliphatic heterocycles. The Bertz CT molecular complexity index is 793. The number of halogens is 1. The second-order valence-corrected chi connectivity index (χ2v) is 5.78. The maximum Gasteiger partial charge on any atom is 0.283 e. The summed E-state index contributed by atoms with van der Waals surface area (Å²) in [4.78, 5) is 22.9. The summed E-state index contributed by atoms with van der Waals surface area (Å²) in [6, 6.07) is 10.7. The summed E-state index contributed by atoms with van der Waals surface area (Å²) in [5.41, 5.74) is 1.33. The van der Waals surface area contributed by atoms with Crippen molar-refractivity contribution in [2.45, 2.75) is 18.6 Å². The number of nitrogens with one attached hydrogen (secondary N) is 1. The normalized spacial score (nSPS) is 19.2. The van der Waals surface area contributed by atoms with E-state index in [9.17, 15) is 20.0 Å². The molecule has 7 heteroatoms. The number of aliphatic hydroxyl groups is 1. The smallest absolute Gasteiger partial charge is 0.283 e. The van der Waals surface area contributed by atoms with Gasteiger partial charge in [-0.3, -0.25) is 14.9 Å². The largest absolute Gasteiger partial charge is 0.390 e. The molecule has 1 aliphatic rings. The number of benzene rings is 2. The van der Waals surface area contributed by atoms with Gasteiger partial charge in [0.25, 0.3) is 11.6 Å². The summed E-state index contributed by atoms with van der Waals surface area (Å²) in [7, 11) is 0. The van der Waals surface area contributed by atoms with Crippen molar-refractivity contribution < 1.29 is 14.8 Å². The molecule has 3 rings (SSSR count). The van der Waals surface area contributed by atoms with Crippen molar-refractivity contribution in [3.8, 4) is 0 Å². The molecule has 2 aromatic carbocycles. The fourth-order valence-electron chi connectivity index (χ4n) is 2.81. The van der Waals surface area contributed by atoms with Crippen LogP contribution in [0.3, 0.4) is 0 Å². The number of rotatable bonds is 3. The third-order valence-corrected chi connectivity index (χ3v) is 4.13. The van der Waals surface area contributed by atoms with Crippen LogP contribution >= 0.6 is 11.6 Å². The quantitative estimate of drug-likeness (QED) is 0.667. The van der Waals surface area contributed by atoms with Crippen LogP contribution in [-0.4, -0.2) is 22.0 Å². The molecule has 2 atom stereocenters. The summed E-state index contributed by atoms with van der Waals surface area (Å²) in [5, 5.41) is 24.1. The molecular weight excluding hydrogens is 320 g/mol. The molecule has 0 saturated carbocycles. The van der Waals surface area contributed by atoms with Crippen LogP contribution in [0.15, 0.2) is 42.5 Å². The minimum Gasteiger partial charge on any atom is -0.390 e. The van der Waals surface area contributed by atoms with Gasteiger partial charge in [0.2, 0.25) is 0 Å². The highest BCUT2D eigenvalue weighted by Crippen LogP contribution is 2.32. The minimum absolute atomic E-state index is 0.0871. The van der Waals surface area contributed by atoms with Crippen molar-refractivity contribution >= 4 is 23.2 Å². The Kier molecular flexibility index (Phi) is 4.02. The first-order valence-electron chi connectivity index (χ1n) is 6.98. The van der Waals surface area contributed by atoms with Gasteiger partial charge in [0.1, 0.15) is 5.56 Å². The van der Waals surface area contributed by atoms with E-state index in [1.807, 2.05) is 24.3 Å². The van der Waals surface area contributed by atoms with Crippen LogP contribution < -0.4 is 5.32 Å². The molecule has 6 nitrogen and oxygen atoms in total. The average Bonchev–Trinajstić information content (AvgIpc) is 2.83. The predicted octanol–water partition coefficient (Wildman–Crippen LogP) is 2.64. The lowest BCUT2D eigenvalue weighted by atomic mass is 10.1. The van der Waals surface area contributed by atoms with E-state index in [1.54, 1.807) is 0 Å². The third-order valence-electron chi connectivity index (χ3n) is 3.89. The van der Waals surface area contributed by atoms with Gasteiger partial charge in [-0.25, -0.2) is 0 Å². The van der Waals surface area contributed by atoms with Crippen molar-refractivity contribution in [1.29, 1.82) is 0 Å². The first kappa shape index (κ1) is 15.5. The lowest BCUT2D eigenvalue weighted by molar-refractivity contribution is -0.385.